The zero-order valence-corrected chi connectivity index (χ0v) is 20.4. The summed E-state index contributed by atoms with van der Waals surface area (Å²) in [4.78, 5) is 54.1. The highest BCUT2D eigenvalue weighted by atomic mass is 16.4. The first-order chi connectivity index (χ1) is 16.2. The highest BCUT2D eigenvalue weighted by Gasteiger charge is 2.23. The Morgan fingerprint density at radius 3 is 1.56 bits per heavy atom. The van der Waals surface area contributed by atoms with Crippen LogP contribution in [0.3, 0.4) is 0 Å². The zero-order chi connectivity index (χ0) is 24.9. The molecule has 11 heteroatoms. The number of nitrogens with one attached hydrogen (secondary N) is 1. The number of carboxylic acids is 2. The SMILES string of the molecule is CC1CCC(NC(=O)CN2CCN(CC=O)CCN(CC(=O)O)CCN(CC(=O)O)CC2)CC1. The number of hydrogen-bond donors (Lipinski definition) is 3. The second-order valence-corrected chi connectivity index (χ2v) is 9.61. The molecular weight excluding hydrogens is 442 g/mol. The summed E-state index contributed by atoms with van der Waals surface area (Å²) in [6.07, 6.45) is 5.08. The standard InChI is InChI=1S/C23H41N5O6/c1-19-2-4-20(5-3-19)24-21(30)16-26-8-6-25(14-15-29)7-9-27(17-22(31)32)12-13-28(11-10-26)18-23(33)34/h15,19-20H,2-14,16-18H2,1H3,(H,24,30)(H,31,32)(H,33,34). The number of rotatable bonds is 9. The molecule has 0 bridgehead atoms. The van der Waals surface area contributed by atoms with Gasteiger partial charge in [-0.2, -0.15) is 0 Å². The maximum Gasteiger partial charge on any atom is 0.317 e. The molecule has 1 heterocycles. The third-order valence-corrected chi connectivity index (χ3v) is 6.73. The quantitative estimate of drug-likeness (QED) is 0.361. The van der Waals surface area contributed by atoms with Gasteiger partial charge in [0.1, 0.15) is 6.29 Å². The van der Waals surface area contributed by atoms with E-state index in [1.807, 2.05) is 9.80 Å². The maximum absolute atomic E-state index is 12.8. The minimum absolute atomic E-state index is 0.0222. The Bertz CT molecular complexity index is 670. The lowest BCUT2D eigenvalue weighted by molar-refractivity contribution is -0.140. The number of carbonyl (C=O) groups excluding carboxylic acids is 2. The van der Waals surface area contributed by atoms with Gasteiger partial charge >= 0.3 is 11.9 Å². The molecule has 2 rings (SSSR count). The number of carbonyl (C=O) groups is 4. The molecule has 0 atom stereocenters. The topological polar surface area (TPSA) is 134 Å². The summed E-state index contributed by atoms with van der Waals surface area (Å²) >= 11 is 0. The molecule has 1 saturated heterocycles. The fourth-order valence-corrected chi connectivity index (χ4v) is 4.60. The van der Waals surface area contributed by atoms with E-state index in [1.165, 1.54) is 0 Å². The summed E-state index contributed by atoms with van der Waals surface area (Å²) in [5.41, 5.74) is 0. The second kappa shape index (κ2) is 15.0. The molecule has 0 aromatic rings. The molecule has 2 fully saturated rings. The van der Waals surface area contributed by atoms with Gasteiger partial charge in [-0.15, -0.1) is 0 Å². The molecule has 194 valence electrons. The average Bonchev–Trinajstić information content (AvgIpc) is 2.76. The number of aliphatic carboxylic acids is 2. The second-order valence-electron chi connectivity index (χ2n) is 9.61. The molecule has 1 aliphatic carbocycles. The summed E-state index contributed by atoms with van der Waals surface area (Å²) < 4.78 is 0. The van der Waals surface area contributed by atoms with Gasteiger partial charge in [0.25, 0.3) is 0 Å². The van der Waals surface area contributed by atoms with Crippen molar-refractivity contribution in [1.82, 2.24) is 24.9 Å². The van der Waals surface area contributed by atoms with Crippen molar-refractivity contribution in [2.75, 3.05) is 78.5 Å². The van der Waals surface area contributed by atoms with E-state index in [0.29, 0.717) is 58.3 Å². The van der Waals surface area contributed by atoms with Crippen molar-refractivity contribution in [3.63, 3.8) is 0 Å². The van der Waals surface area contributed by atoms with Crippen LogP contribution in [0.4, 0.5) is 0 Å². The van der Waals surface area contributed by atoms with Gasteiger partial charge in [0.15, 0.2) is 0 Å². The molecule has 34 heavy (non-hydrogen) atoms. The molecule has 11 nitrogen and oxygen atoms in total. The van der Waals surface area contributed by atoms with Crippen molar-refractivity contribution in [1.29, 1.82) is 0 Å². The van der Waals surface area contributed by atoms with Crippen LogP contribution in [0, 0.1) is 5.92 Å². The van der Waals surface area contributed by atoms with Crippen molar-refractivity contribution < 1.29 is 29.4 Å². The Hall–Kier alpha value is -2.08. The van der Waals surface area contributed by atoms with E-state index in [2.05, 4.69) is 12.2 Å². The van der Waals surface area contributed by atoms with Crippen LogP contribution in [0.2, 0.25) is 0 Å². The van der Waals surface area contributed by atoms with Gasteiger partial charge in [-0.05, 0) is 31.6 Å². The summed E-state index contributed by atoms with van der Waals surface area (Å²) in [7, 11) is 0. The number of nitrogens with zero attached hydrogens (tertiary/aromatic N) is 4. The van der Waals surface area contributed by atoms with Crippen molar-refractivity contribution in [2.45, 2.75) is 38.6 Å². The van der Waals surface area contributed by atoms with Crippen LogP contribution >= 0.6 is 0 Å². The van der Waals surface area contributed by atoms with Gasteiger partial charge in [-0.1, -0.05) is 6.92 Å². The van der Waals surface area contributed by atoms with Gasteiger partial charge in [0, 0.05) is 58.4 Å². The fourth-order valence-electron chi connectivity index (χ4n) is 4.60. The van der Waals surface area contributed by atoms with Crippen LogP contribution in [0.1, 0.15) is 32.6 Å². The monoisotopic (exact) mass is 483 g/mol. The minimum atomic E-state index is -0.941. The minimum Gasteiger partial charge on any atom is -0.480 e. The van der Waals surface area contributed by atoms with Crippen LogP contribution in [-0.4, -0.2) is 139 Å². The predicted octanol–water partition coefficient (Wildman–Crippen LogP) is -0.729. The number of amides is 1. The van der Waals surface area contributed by atoms with E-state index in [1.54, 1.807) is 9.80 Å². The Morgan fingerprint density at radius 2 is 1.15 bits per heavy atom. The molecule has 1 amide bonds. The van der Waals surface area contributed by atoms with Gasteiger partial charge in [0.05, 0.1) is 26.2 Å². The smallest absolute Gasteiger partial charge is 0.317 e. The van der Waals surface area contributed by atoms with Crippen LogP contribution < -0.4 is 5.32 Å². The number of carboxylic acid groups (broad SMARTS) is 2. The molecular formula is C23H41N5O6. The molecule has 3 N–H and O–H groups in total. The van der Waals surface area contributed by atoms with Gasteiger partial charge in [-0.25, -0.2) is 0 Å². The average molecular weight is 484 g/mol. The van der Waals surface area contributed by atoms with E-state index in [4.69, 9.17) is 0 Å². The molecule has 1 saturated carbocycles. The lowest BCUT2D eigenvalue weighted by Crippen LogP contribution is -2.50. The molecule has 0 unspecified atom stereocenters. The molecule has 0 radical (unpaired) electrons. The highest BCUT2D eigenvalue weighted by molar-refractivity contribution is 5.78. The van der Waals surface area contributed by atoms with Gasteiger partial charge in [-0.3, -0.25) is 34.0 Å². The largest absolute Gasteiger partial charge is 0.480 e. The van der Waals surface area contributed by atoms with Gasteiger partial charge < -0.3 is 20.3 Å². The predicted molar refractivity (Wildman–Crippen MR) is 127 cm³/mol. The maximum atomic E-state index is 12.8. The van der Waals surface area contributed by atoms with E-state index < -0.39 is 11.9 Å². The molecule has 0 aromatic carbocycles. The van der Waals surface area contributed by atoms with E-state index in [9.17, 15) is 29.4 Å². The van der Waals surface area contributed by atoms with Crippen molar-refractivity contribution in [3.05, 3.63) is 0 Å². The Morgan fingerprint density at radius 1 is 0.735 bits per heavy atom. The Kier molecular flexibility index (Phi) is 12.4. The molecule has 1 aliphatic heterocycles. The van der Waals surface area contributed by atoms with Crippen molar-refractivity contribution >= 4 is 24.1 Å². The summed E-state index contributed by atoms with van der Waals surface area (Å²) in [6, 6.07) is 0.214. The molecule has 2 aliphatic rings. The highest BCUT2D eigenvalue weighted by Crippen LogP contribution is 2.23. The normalized spacial score (nSPS) is 25.1. The summed E-state index contributed by atoms with van der Waals surface area (Å²) in [6.45, 7) is 6.32. The van der Waals surface area contributed by atoms with Crippen LogP contribution in [0.15, 0.2) is 0 Å². The van der Waals surface area contributed by atoms with Gasteiger partial charge in [0.2, 0.25) is 5.91 Å². The number of aldehydes is 1. The van der Waals surface area contributed by atoms with Crippen LogP contribution in [0.25, 0.3) is 0 Å². The van der Waals surface area contributed by atoms with Crippen LogP contribution in [-0.2, 0) is 19.2 Å². The number of hydrogen-bond acceptors (Lipinski definition) is 8. The van der Waals surface area contributed by atoms with Crippen molar-refractivity contribution in [3.8, 4) is 0 Å². The summed E-state index contributed by atoms with van der Waals surface area (Å²) in [5.74, 6) is -1.20. The first kappa shape index (κ1) is 28.2. The van der Waals surface area contributed by atoms with E-state index in [-0.39, 0.29) is 38.1 Å². The Balaban J connectivity index is 2.02. The third-order valence-electron chi connectivity index (χ3n) is 6.73. The van der Waals surface area contributed by atoms with E-state index >= 15 is 0 Å². The first-order valence-corrected chi connectivity index (χ1v) is 12.3. The summed E-state index contributed by atoms with van der Waals surface area (Å²) in [5, 5.41) is 21.7. The zero-order valence-electron chi connectivity index (χ0n) is 20.4. The van der Waals surface area contributed by atoms with Crippen molar-refractivity contribution in [2.24, 2.45) is 5.92 Å². The fraction of sp³-hybridized carbons (Fsp3) is 0.826. The molecule has 0 aromatic heterocycles. The molecule has 0 spiro atoms. The lowest BCUT2D eigenvalue weighted by Gasteiger charge is -2.33. The lowest BCUT2D eigenvalue weighted by atomic mass is 9.87. The Labute approximate surface area is 202 Å². The van der Waals surface area contributed by atoms with E-state index in [0.717, 1.165) is 32.0 Å². The first-order valence-electron chi connectivity index (χ1n) is 12.3. The van der Waals surface area contributed by atoms with Crippen LogP contribution in [0.5, 0.6) is 0 Å². The third kappa shape index (κ3) is 11.4.